The van der Waals surface area contributed by atoms with E-state index in [1.165, 1.54) is 12.1 Å². The van der Waals surface area contributed by atoms with Crippen molar-refractivity contribution < 1.29 is 24.1 Å². The maximum atomic E-state index is 11.5. The summed E-state index contributed by atoms with van der Waals surface area (Å²) >= 11 is 0. The van der Waals surface area contributed by atoms with E-state index in [0.717, 1.165) is 0 Å². The summed E-state index contributed by atoms with van der Waals surface area (Å²) in [4.78, 5) is 11.5. The zero-order valence-corrected chi connectivity index (χ0v) is 10.4. The van der Waals surface area contributed by atoms with Gasteiger partial charge in [-0.05, 0) is 25.1 Å². The highest BCUT2D eigenvalue weighted by Gasteiger charge is 2.06. The second-order valence-corrected chi connectivity index (χ2v) is 3.50. The zero-order valence-electron chi connectivity index (χ0n) is 10.4. The molecule has 1 N–H and O–H groups in total. The molecule has 0 aliphatic heterocycles. The summed E-state index contributed by atoms with van der Waals surface area (Å²) in [5.41, 5.74) is 0.323. The van der Waals surface area contributed by atoms with Crippen LogP contribution >= 0.6 is 0 Å². The average molecular weight is 254 g/mol. The van der Waals surface area contributed by atoms with Gasteiger partial charge in [0, 0.05) is 6.61 Å². The van der Waals surface area contributed by atoms with Crippen LogP contribution in [0.4, 0.5) is 0 Å². The van der Waals surface area contributed by atoms with E-state index in [9.17, 15) is 9.90 Å². The van der Waals surface area contributed by atoms with Gasteiger partial charge in [0.1, 0.15) is 12.4 Å². The Hall–Kier alpha value is -1.59. The van der Waals surface area contributed by atoms with Crippen LogP contribution in [-0.4, -0.2) is 44.1 Å². The van der Waals surface area contributed by atoms with Gasteiger partial charge in [0.25, 0.3) is 0 Å². The number of hydrogen-bond donors (Lipinski definition) is 1. The fraction of sp³-hybridized carbons (Fsp3) is 0.462. The smallest absolute Gasteiger partial charge is 0.338 e. The third-order valence-electron chi connectivity index (χ3n) is 2.12. The Morgan fingerprint density at radius 3 is 2.61 bits per heavy atom. The van der Waals surface area contributed by atoms with Crippen molar-refractivity contribution in [2.24, 2.45) is 0 Å². The maximum absolute atomic E-state index is 11.5. The van der Waals surface area contributed by atoms with Gasteiger partial charge in [-0.2, -0.15) is 0 Å². The lowest BCUT2D eigenvalue weighted by Crippen LogP contribution is -2.12. The van der Waals surface area contributed by atoms with Crippen LogP contribution in [-0.2, 0) is 14.2 Å². The highest BCUT2D eigenvalue weighted by atomic mass is 16.6. The number of carbonyl (C=O) groups is 1. The minimum Gasteiger partial charge on any atom is -0.508 e. The number of rotatable bonds is 8. The molecule has 0 spiro atoms. The second kappa shape index (κ2) is 8.49. The monoisotopic (exact) mass is 254 g/mol. The van der Waals surface area contributed by atoms with Crippen LogP contribution < -0.4 is 0 Å². The minimum atomic E-state index is -0.473. The van der Waals surface area contributed by atoms with Crippen molar-refractivity contribution in [3.05, 3.63) is 29.8 Å². The molecule has 1 aromatic rings. The summed E-state index contributed by atoms with van der Waals surface area (Å²) in [6, 6.07) is 6.02. The van der Waals surface area contributed by atoms with Gasteiger partial charge in [0.05, 0.1) is 25.4 Å². The van der Waals surface area contributed by atoms with Crippen LogP contribution in [0.2, 0.25) is 0 Å². The molecule has 0 unspecified atom stereocenters. The van der Waals surface area contributed by atoms with E-state index in [2.05, 4.69) is 0 Å². The lowest BCUT2D eigenvalue weighted by Gasteiger charge is -2.06. The molecule has 0 saturated heterocycles. The molecule has 0 aliphatic carbocycles. The highest BCUT2D eigenvalue weighted by molar-refractivity contribution is 5.89. The first-order chi connectivity index (χ1) is 8.74. The predicted octanol–water partition coefficient (Wildman–Crippen LogP) is 1.60. The van der Waals surface area contributed by atoms with E-state index in [1.807, 2.05) is 6.92 Å². The molecule has 5 heteroatoms. The molecule has 0 aliphatic rings. The first-order valence-electron chi connectivity index (χ1n) is 5.85. The molecule has 0 fully saturated rings. The molecule has 0 radical (unpaired) electrons. The number of phenolic OH excluding ortho intramolecular Hbond substituents is 1. The van der Waals surface area contributed by atoms with Crippen LogP contribution in [0.5, 0.6) is 5.75 Å². The van der Waals surface area contributed by atoms with E-state index in [-0.39, 0.29) is 12.4 Å². The SMILES string of the molecule is CCOCCOCCOC(=O)c1cccc(O)c1. The second-order valence-electron chi connectivity index (χ2n) is 3.50. The number of benzene rings is 1. The van der Waals surface area contributed by atoms with Crippen LogP contribution in [0.25, 0.3) is 0 Å². The number of hydrogen-bond acceptors (Lipinski definition) is 5. The van der Waals surface area contributed by atoms with E-state index in [0.29, 0.717) is 32.0 Å². The van der Waals surface area contributed by atoms with Gasteiger partial charge in [-0.3, -0.25) is 0 Å². The first kappa shape index (κ1) is 14.5. The van der Waals surface area contributed by atoms with E-state index >= 15 is 0 Å². The van der Waals surface area contributed by atoms with Crippen molar-refractivity contribution in [2.45, 2.75) is 6.92 Å². The van der Waals surface area contributed by atoms with Crippen LogP contribution in [0.15, 0.2) is 24.3 Å². The topological polar surface area (TPSA) is 65.0 Å². The maximum Gasteiger partial charge on any atom is 0.338 e. The van der Waals surface area contributed by atoms with E-state index in [4.69, 9.17) is 14.2 Å². The molecule has 1 rings (SSSR count). The van der Waals surface area contributed by atoms with Crippen molar-refractivity contribution in [2.75, 3.05) is 33.0 Å². The molecule has 100 valence electrons. The van der Waals surface area contributed by atoms with Gasteiger partial charge in [0.2, 0.25) is 0 Å². The van der Waals surface area contributed by atoms with Crippen LogP contribution in [0.1, 0.15) is 17.3 Å². The molecule has 0 aromatic heterocycles. The van der Waals surface area contributed by atoms with Crippen LogP contribution in [0, 0.1) is 0 Å². The largest absolute Gasteiger partial charge is 0.508 e. The molecule has 0 amide bonds. The van der Waals surface area contributed by atoms with Gasteiger partial charge in [-0.25, -0.2) is 4.79 Å². The molecule has 0 atom stereocenters. The fourth-order valence-corrected chi connectivity index (χ4v) is 1.27. The van der Waals surface area contributed by atoms with Gasteiger partial charge >= 0.3 is 5.97 Å². The van der Waals surface area contributed by atoms with Crippen molar-refractivity contribution in [1.82, 2.24) is 0 Å². The van der Waals surface area contributed by atoms with E-state index in [1.54, 1.807) is 12.1 Å². The van der Waals surface area contributed by atoms with Gasteiger partial charge in [0.15, 0.2) is 0 Å². The van der Waals surface area contributed by atoms with Crippen molar-refractivity contribution in [3.8, 4) is 5.75 Å². The molecular formula is C13H18O5. The minimum absolute atomic E-state index is 0.0393. The quantitative estimate of drug-likeness (QED) is 0.564. The highest BCUT2D eigenvalue weighted by Crippen LogP contribution is 2.11. The fourth-order valence-electron chi connectivity index (χ4n) is 1.27. The molecule has 0 saturated carbocycles. The Morgan fingerprint density at radius 2 is 1.89 bits per heavy atom. The van der Waals surface area contributed by atoms with Crippen molar-refractivity contribution >= 4 is 5.97 Å². The third kappa shape index (κ3) is 5.65. The zero-order chi connectivity index (χ0) is 13.2. The molecular weight excluding hydrogens is 236 g/mol. The number of carbonyl (C=O) groups excluding carboxylic acids is 1. The van der Waals surface area contributed by atoms with Crippen molar-refractivity contribution in [1.29, 1.82) is 0 Å². The Labute approximate surface area is 106 Å². The lowest BCUT2D eigenvalue weighted by atomic mass is 10.2. The number of aromatic hydroxyl groups is 1. The first-order valence-corrected chi connectivity index (χ1v) is 5.85. The van der Waals surface area contributed by atoms with Gasteiger partial charge in [-0.15, -0.1) is 0 Å². The molecule has 1 aromatic carbocycles. The Bertz CT molecular complexity index is 364. The Morgan fingerprint density at radius 1 is 1.17 bits per heavy atom. The number of esters is 1. The van der Waals surface area contributed by atoms with Gasteiger partial charge < -0.3 is 19.3 Å². The van der Waals surface area contributed by atoms with Gasteiger partial charge in [-0.1, -0.05) is 6.07 Å². The standard InChI is InChI=1S/C13H18O5/c1-2-16-6-7-17-8-9-18-13(15)11-4-3-5-12(14)10-11/h3-5,10,14H,2,6-9H2,1H3. The summed E-state index contributed by atoms with van der Waals surface area (Å²) < 4.78 is 15.3. The molecule has 18 heavy (non-hydrogen) atoms. The predicted molar refractivity (Wildman–Crippen MR) is 65.7 cm³/mol. The molecule has 0 heterocycles. The lowest BCUT2D eigenvalue weighted by molar-refractivity contribution is 0.0163. The summed E-state index contributed by atoms with van der Waals surface area (Å²) in [6.45, 7) is 4.11. The Balaban J connectivity index is 2.14. The van der Waals surface area contributed by atoms with E-state index < -0.39 is 5.97 Å². The summed E-state index contributed by atoms with van der Waals surface area (Å²) in [7, 11) is 0. The van der Waals surface area contributed by atoms with Crippen LogP contribution in [0.3, 0.4) is 0 Å². The summed E-state index contributed by atoms with van der Waals surface area (Å²) in [6.07, 6.45) is 0. The number of ether oxygens (including phenoxy) is 3. The average Bonchev–Trinajstić information content (AvgIpc) is 2.37. The summed E-state index contributed by atoms with van der Waals surface area (Å²) in [5.74, 6) is -0.434. The third-order valence-corrected chi connectivity index (χ3v) is 2.12. The number of phenols is 1. The molecule has 5 nitrogen and oxygen atoms in total. The molecule has 0 bridgehead atoms. The summed E-state index contributed by atoms with van der Waals surface area (Å²) in [5, 5.41) is 9.21. The normalized spacial score (nSPS) is 10.3. The van der Waals surface area contributed by atoms with Crippen molar-refractivity contribution in [3.63, 3.8) is 0 Å². The Kier molecular flexibility index (Phi) is 6.83.